The SMILES string of the molecule is Cc1cc(C)c(C)c(S(=O)(=O)N2CCCC(N3CCNCC3=O)C2)c1C.Cl. The van der Waals surface area contributed by atoms with Crippen molar-refractivity contribution < 1.29 is 13.2 Å². The first-order chi connectivity index (χ1) is 12.2. The smallest absolute Gasteiger partial charge is 0.243 e. The summed E-state index contributed by atoms with van der Waals surface area (Å²) in [6, 6.07) is 2.02. The van der Waals surface area contributed by atoms with Crippen LogP contribution in [0.15, 0.2) is 11.0 Å². The number of carbonyl (C=O) groups excluding carboxylic acids is 1. The summed E-state index contributed by atoms with van der Waals surface area (Å²) in [4.78, 5) is 14.5. The predicted octanol–water partition coefficient (Wildman–Crippen LogP) is 1.93. The fraction of sp³-hybridized carbons (Fsp3) is 0.632. The van der Waals surface area contributed by atoms with E-state index in [0.29, 0.717) is 31.1 Å². The lowest BCUT2D eigenvalue weighted by Crippen LogP contribution is -2.57. The van der Waals surface area contributed by atoms with Crippen molar-refractivity contribution in [2.45, 2.75) is 51.5 Å². The van der Waals surface area contributed by atoms with Crippen LogP contribution in [-0.2, 0) is 14.8 Å². The van der Waals surface area contributed by atoms with E-state index in [4.69, 9.17) is 0 Å². The highest BCUT2D eigenvalue weighted by Gasteiger charge is 2.36. The van der Waals surface area contributed by atoms with Crippen LogP contribution in [0.4, 0.5) is 0 Å². The number of nitrogens with one attached hydrogen (secondary N) is 1. The number of benzene rings is 1. The number of nitrogens with zero attached hydrogens (tertiary/aromatic N) is 2. The number of piperazine rings is 1. The molecule has 0 saturated carbocycles. The van der Waals surface area contributed by atoms with Crippen LogP contribution in [0.1, 0.15) is 35.1 Å². The van der Waals surface area contributed by atoms with Crippen LogP contribution in [-0.4, -0.2) is 62.3 Å². The third-order valence-corrected chi connectivity index (χ3v) is 7.96. The van der Waals surface area contributed by atoms with Crippen LogP contribution in [0.2, 0.25) is 0 Å². The number of aryl methyl sites for hydroxylation is 2. The summed E-state index contributed by atoms with van der Waals surface area (Å²) in [5.74, 6) is 0.0688. The zero-order valence-corrected chi connectivity index (χ0v) is 18.2. The zero-order valence-electron chi connectivity index (χ0n) is 16.5. The first kappa shape index (κ1) is 22.1. The van der Waals surface area contributed by atoms with E-state index in [0.717, 1.165) is 41.6 Å². The number of rotatable bonds is 3. The topological polar surface area (TPSA) is 69.7 Å². The minimum absolute atomic E-state index is 0. The fourth-order valence-electron chi connectivity index (χ4n) is 4.10. The minimum Gasteiger partial charge on any atom is -0.336 e. The second-order valence-electron chi connectivity index (χ2n) is 7.51. The first-order valence-corrected chi connectivity index (χ1v) is 10.7. The number of hydrogen-bond donors (Lipinski definition) is 1. The zero-order chi connectivity index (χ0) is 19.1. The van der Waals surface area contributed by atoms with Gasteiger partial charge in [0.25, 0.3) is 0 Å². The average molecular weight is 416 g/mol. The van der Waals surface area contributed by atoms with Gasteiger partial charge in [-0.15, -0.1) is 12.4 Å². The van der Waals surface area contributed by atoms with Gasteiger partial charge in [0.1, 0.15) is 0 Å². The molecule has 2 saturated heterocycles. The van der Waals surface area contributed by atoms with Gasteiger partial charge in [0, 0.05) is 32.2 Å². The summed E-state index contributed by atoms with van der Waals surface area (Å²) in [6.45, 7) is 10.4. The molecule has 1 aromatic rings. The maximum atomic E-state index is 13.5. The first-order valence-electron chi connectivity index (χ1n) is 9.31. The Bertz CT molecular complexity index is 800. The number of halogens is 1. The van der Waals surface area contributed by atoms with E-state index >= 15 is 0 Å². The number of carbonyl (C=O) groups is 1. The van der Waals surface area contributed by atoms with Crippen molar-refractivity contribution in [3.8, 4) is 0 Å². The van der Waals surface area contributed by atoms with Gasteiger partial charge in [-0.25, -0.2) is 8.42 Å². The van der Waals surface area contributed by atoms with E-state index in [1.165, 1.54) is 0 Å². The van der Waals surface area contributed by atoms with Crippen LogP contribution < -0.4 is 5.32 Å². The molecule has 2 fully saturated rings. The summed E-state index contributed by atoms with van der Waals surface area (Å²) in [7, 11) is -3.58. The second-order valence-corrected chi connectivity index (χ2v) is 9.39. The molecule has 0 aromatic heterocycles. The Balaban J connectivity index is 0.00000261. The Morgan fingerprint density at radius 1 is 1.07 bits per heavy atom. The van der Waals surface area contributed by atoms with Crippen LogP contribution >= 0.6 is 12.4 Å². The van der Waals surface area contributed by atoms with Crippen molar-refractivity contribution >= 4 is 28.3 Å². The molecule has 1 aromatic carbocycles. The standard InChI is InChI=1S/C19H29N3O3S.ClH/c1-13-10-14(2)16(4)19(15(13)3)26(24,25)21-8-5-6-17(12-21)22-9-7-20-11-18(22)23;/h10,17,20H,5-9,11-12H2,1-4H3;1H. The molecule has 27 heavy (non-hydrogen) atoms. The molecule has 1 N–H and O–H groups in total. The van der Waals surface area contributed by atoms with Crippen molar-refractivity contribution in [3.63, 3.8) is 0 Å². The van der Waals surface area contributed by atoms with Crippen molar-refractivity contribution in [1.29, 1.82) is 0 Å². The normalized spacial score (nSPS) is 21.9. The summed E-state index contributed by atoms with van der Waals surface area (Å²) in [5.41, 5.74) is 3.65. The summed E-state index contributed by atoms with van der Waals surface area (Å²) in [5, 5.41) is 3.08. The van der Waals surface area contributed by atoms with Gasteiger partial charge in [-0.05, 0) is 62.8 Å². The van der Waals surface area contributed by atoms with Gasteiger partial charge >= 0.3 is 0 Å². The Kier molecular flexibility index (Phi) is 6.95. The number of hydrogen-bond acceptors (Lipinski definition) is 4. The second kappa shape index (κ2) is 8.47. The highest BCUT2D eigenvalue weighted by molar-refractivity contribution is 7.89. The molecule has 1 unspecified atom stereocenters. The van der Waals surface area contributed by atoms with Crippen LogP contribution in [0.3, 0.4) is 0 Å². The molecule has 0 aliphatic carbocycles. The van der Waals surface area contributed by atoms with Gasteiger partial charge in [-0.3, -0.25) is 4.79 Å². The maximum absolute atomic E-state index is 13.5. The van der Waals surface area contributed by atoms with Crippen LogP contribution in [0.25, 0.3) is 0 Å². The van der Waals surface area contributed by atoms with E-state index in [1.54, 1.807) is 4.31 Å². The molecule has 0 bridgehead atoms. The van der Waals surface area contributed by atoms with E-state index in [-0.39, 0.29) is 24.4 Å². The molecular formula is C19H30ClN3O3S. The molecule has 1 amide bonds. The van der Waals surface area contributed by atoms with Crippen molar-refractivity contribution in [1.82, 2.24) is 14.5 Å². The molecule has 0 spiro atoms. The molecule has 2 aliphatic heterocycles. The van der Waals surface area contributed by atoms with Gasteiger partial charge < -0.3 is 10.2 Å². The van der Waals surface area contributed by atoms with Gasteiger partial charge in [0.2, 0.25) is 15.9 Å². The molecule has 6 nitrogen and oxygen atoms in total. The Hall–Kier alpha value is -1.15. The minimum atomic E-state index is -3.58. The number of piperidine rings is 1. The Morgan fingerprint density at radius 2 is 1.70 bits per heavy atom. The largest absolute Gasteiger partial charge is 0.336 e. The highest BCUT2D eigenvalue weighted by atomic mass is 35.5. The third-order valence-electron chi connectivity index (χ3n) is 5.82. The summed E-state index contributed by atoms with van der Waals surface area (Å²) in [6.07, 6.45) is 1.65. The van der Waals surface area contributed by atoms with E-state index in [9.17, 15) is 13.2 Å². The van der Waals surface area contributed by atoms with Gasteiger partial charge in [-0.1, -0.05) is 6.07 Å². The fourth-order valence-corrected chi connectivity index (χ4v) is 6.19. The molecule has 0 radical (unpaired) electrons. The van der Waals surface area contributed by atoms with Gasteiger partial charge in [0.15, 0.2) is 0 Å². The number of amides is 1. The van der Waals surface area contributed by atoms with E-state index in [1.807, 2.05) is 38.7 Å². The summed E-state index contributed by atoms with van der Waals surface area (Å²) < 4.78 is 28.5. The average Bonchev–Trinajstić information content (AvgIpc) is 2.60. The molecule has 1 atom stereocenters. The van der Waals surface area contributed by atoms with Crippen LogP contribution in [0.5, 0.6) is 0 Å². The molecule has 3 rings (SSSR count). The number of sulfonamides is 1. The lowest BCUT2D eigenvalue weighted by molar-refractivity contribution is -0.135. The molecular weight excluding hydrogens is 386 g/mol. The third kappa shape index (κ3) is 4.16. The molecule has 2 aliphatic rings. The lowest BCUT2D eigenvalue weighted by Gasteiger charge is -2.40. The van der Waals surface area contributed by atoms with Crippen molar-refractivity contribution in [3.05, 3.63) is 28.3 Å². The van der Waals surface area contributed by atoms with E-state index < -0.39 is 10.0 Å². The van der Waals surface area contributed by atoms with Crippen molar-refractivity contribution in [2.75, 3.05) is 32.7 Å². The van der Waals surface area contributed by atoms with E-state index in [2.05, 4.69) is 5.32 Å². The summed E-state index contributed by atoms with van der Waals surface area (Å²) >= 11 is 0. The quantitative estimate of drug-likeness (QED) is 0.818. The maximum Gasteiger partial charge on any atom is 0.243 e. The molecule has 152 valence electrons. The molecule has 2 heterocycles. The predicted molar refractivity (Wildman–Crippen MR) is 109 cm³/mol. The monoisotopic (exact) mass is 415 g/mol. The highest BCUT2D eigenvalue weighted by Crippen LogP contribution is 2.31. The Morgan fingerprint density at radius 3 is 2.30 bits per heavy atom. The molecule has 8 heteroatoms. The lowest BCUT2D eigenvalue weighted by atomic mass is 10.0. The van der Waals surface area contributed by atoms with Gasteiger partial charge in [0.05, 0.1) is 11.4 Å². The van der Waals surface area contributed by atoms with Gasteiger partial charge in [-0.2, -0.15) is 4.31 Å². The van der Waals surface area contributed by atoms with Crippen molar-refractivity contribution in [2.24, 2.45) is 0 Å². The van der Waals surface area contributed by atoms with Crippen LogP contribution in [0, 0.1) is 27.7 Å². The Labute approximate surface area is 168 Å².